The molecule has 1 aromatic carbocycles. The Morgan fingerprint density at radius 3 is 2.57 bits per heavy atom. The summed E-state index contributed by atoms with van der Waals surface area (Å²) < 4.78 is 0. The number of pyridine rings is 1. The van der Waals surface area contributed by atoms with Gasteiger partial charge in [-0.1, -0.05) is 55.7 Å². The highest BCUT2D eigenvalue weighted by molar-refractivity contribution is 6.06. The highest BCUT2D eigenvalue weighted by Gasteiger charge is 2.47. The first-order valence-corrected chi connectivity index (χ1v) is 11.1. The summed E-state index contributed by atoms with van der Waals surface area (Å²) in [6, 6.07) is 16.5. The third kappa shape index (κ3) is 4.55. The number of rotatable bonds is 7. The largest absolute Gasteiger partial charge is 0.369 e. The molecule has 0 bridgehead atoms. The summed E-state index contributed by atoms with van der Waals surface area (Å²) in [5.74, 6) is 1.53. The predicted molar refractivity (Wildman–Crippen MR) is 120 cm³/mol. The second-order valence-corrected chi connectivity index (χ2v) is 8.98. The number of guanidine groups is 1. The summed E-state index contributed by atoms with van der Waals surface area (Å²) in [6.45, 7) is 0. The number of nitrogens with zero attached hydrogens (tertiary/aromatic N) is 3. The van der Waals surface area contributed by atoms with E-state index < -0.39 is 5.54 Å². The maximum atomic E-state index is 13.2. The number of hydrogen-bond acceptors (Lipinski definition) is 4. The van der Waals surface area contributed by atoms with Gasteiger partial charge in [-0.05, 0) is 61.6 Å². The number of carbonyl (C=O) groups excluding carboxylic acids is 1. The van der Waals surface area contributed by atoms with Gasteiger partial charge < -0.3 is 5.73 Å². The van der Waals surface area contributed by atoms with Gasteiger partial charge in [0.15, 0.2) is 5.96 Å². The molecule has 3 atom stereocenters. The van der Waals surface area contributed by atoms with Crippen LogP contribution in [0.3, 0.4) is 0 Å². The molecule has 1 unspecified atom stereocenters. The summed E-state index contributed by atoms with van der Waals surface area (Å²) in [5, 5.41) is 0. The van der Waals surface area contributed by atoms with Gasteiger partial charge in [0.05, 0.1) is 0 Å². The number of aromatic nitrogens is 1. The minimum absolute atomic E-state index is 0.0581. The van der Waals surface area contributed by atoms with Crippen molar-refractivity contribution < 1.29 is 4.79 Å². The minimum atomic E-state index is -0.716. The Hall–Kier alpha value is -2.69. The lowest BCUT2D eigenvalue weighted by Crippen LogP contribution is -2.44. The van der Waals surface area contributed by atoms with Crippen molar-refractivity contribution in [3.63, 3.8) is 0 Å². The van der Waals surface area contributed by atoms with Crippen molar-refractivity contribution in [1.29, 1.82) is 0 Å². The van der Waals surface area contributed by atoms with Gasteiger partial charge in [-0.3, -0.25) is 14.7 Å². The number of aryl methyl sites for hydroxylation is 1. The fourth-order valence-electron chi connectivity index (χ4n) is 5.22. The summed E-state index contributed by atoms with van der Waals surface area (Å²) in [5.41, 5.74) is 7.79. The van der Waals surface area contributed by atoms with Crippen LogP contribution in [0, 0.1) is 11.8 Å². The molecule has 0 saturated heterocycles. The molecule has 1 saturated carbocycles. The molecule has 2 N–H and O–H groups in total. The molecular formula is C25H32N4O. The molecule has 0 spiro atoms. The van der Waals surface area contributed by atoms with Gasteiger partial charge in [0, 0.05) is 18.9 Å². The number of aliphatic imine (C=N–C) groups is 1. The zero-order valence-corrected chi connectivity index (χ0v) is 17.8. The second-order valence-electron chi connectivity index (χ2n) is 8.98. The van der Waals surface area contributed by atoms with Gasteiger partial charge >= 0.3 is 0 Å². The van der Waals surface area contributed by atoms with Crippen LogP contribution in [0.4, 0.5) is 0 Å². The molecule has 2 heterocycles. The highest BCUT2D eigenvalue weighted by atomic mass is 16.2. The quantitative estimate of drug-likeness (QED) is 0.759. The molecule has 0 radical (unpaired) electrons. The number of hydrogen-bond donors (Lipinski definition) is 1. The van der Waals surface area contributed by atoms with Crippen LogP contribution in [0.5, 0.6) is 0 Å². The number of likely N-dealkylation sites (N-methyl/N-ethyl adjacent to an activating group) is 1. The molecule has 2 aliphatic rings. The second kappa shape index (κ2) is 8.99. The molecule has 5 nitrogen and oxygen atoms in total. The molecule has 1 aromatic heterocycles. The molecule has 1 aliphatic carbocycles. The van der Waals surface area contributed by atoms with E-state index in [1.165, 1.54) is 24.1 Å². The van der Waals surface area contributed by atoms with Crippen LogP contribution in [0.1, 0.15) is 49.8 Å². The van der Waals surface area contributed by atoms with E-state index in [0.717, 1.165) is 32.1 Å². The van der Waals surface area contributed by atoms with E-state index >= 15 is 0 Å². The van der Waals surface area contributed by atoms with Crippen molar-refractivity contribution >= 4 is 11.9 Å². The number of nitrogens with two attached hydrogens (primary N) is 1. The average Bonchev–Trinajstić information content (AvgIpc) is 2.98. The Morgan fingerprint density at radius 2 is 1.87 bits per heavy atom. The third-order valence-electron chi connectivity index (χ3n) is 6.79. The average molecular weight is 405 g/mol. The monoisotopic (exact) mass is 404 g/mol. The molecule has 5 heteroatoms. The van der Waals surface area contributed by atoms with E-state index in [4.69, 9.17) is 10.7 Å². The van der Waals surface area contributed by atoms with E-state index in [9.17, 15) is 4.79 Å². The minimum Gasteiger partial charge on any atom is -0.369 e. The summed E-state index contributed by atoms with van der Waals surface area (Å²) in [4.78, 5) is 24.0. The van der Waals surface area contributed by atoms with Crippen LogP contribution in [-0.2, 0) is 17.6 Å². The molecule has 1 fully saturated rings. The first-order valence-electron chi connectivity index (χ1n) is 11.1. The molecule has 158 valence electrons. The van der Waals surface area contributed by atoms with Gasteiger partial charge in [-0.15, -0.1) is 0 Å². The lowest BCUT2D eigenvalue weighted by molar-refractivity contribution is -0.131. The summed E-state index contributed by atoms with van der Waals surface area (Å²) >= 11 is 0. The van der Waals surface area contributed by atoms with Crippen molar-refractivity contribution in [2.75, 3.05) is 7.05 Å². The Labute approximate surface area is 179 Å². The maximum Gasteiger partial charge on any atom is 0.257 e. The van der Waals surface area contributed by atoms with E-state index in [0.29, 0.717) is 24.2 Å². The van der Waals surface area contributed by atoms with E-state index in [-0.39, 0.29) is 5.91 Å². The van der Waals surface area contributed by atoms with Crippen LogP contribution in [0.25, 0.3) is 0 Å². The normalized spacial score (nSPS) is 26.6. The van der Waals surface area contributed by atoms with Crippen LogP contribution < -0.4 is 5.73 Å². The Kier molecular flexibility index (Phi) is 6.16. The smallest absolute Gasteiger partial charge is 0.257 e. The molecular weight excluding hydrogens is 372 g/mol. The van der Waals surface area contributed by atoms with Gasteiger partial charge in [-0.25, -0.2) is 4.99 Å². The molecule has 4 rings (SSSR count). The molecule has 30 heavy (non-hydrogen) atoms. The number of carbonyl (C=O) groups is 1. The van der Waals surface area contributed by atoms with Crippen molar-refractivity contribution in [2.45, 2.75) is 56.9 Å². The first kappa shape index (κ1) is 20.6. The van der Waals surface area contributed by atoms with Crippen molar-refractivity contribution in [1.82, 2.24) is 9.88 Å². The van der Waals surface area contributed by atoms with Crippen LogP contribution in [-0.4, -0.2) is 34.3 Å². The lowest BCUT2D eigenvalue weighted by atomic mass is 9.72. The van der Waals surface area contributed by atoms with Crippen molar-refractivity contribution in [3.8, 4) is 0 Å². The van der Waals surface area contributed by atoms with Crippen LogP contribution >= 0.6 is 0 Å². The van der Waals surface area contributed by atoms with E-state index in [1.54, 1.807) is 11.9 Å². The molecule has 2 aromatic rings. The Balaban J connectivity index is 1.47. The molecule has 1 amide bonds. The zero-order valence-electron chi connectivity index (χ0n) is 17.8. The third-order valence-corrected chi connectivity index (χ3v) is 6.79. The van der Waals surface area contributed by atoms with E-state index in [1.807, 2.05) is 30.5 Å². The standard InChI is InChI=1S/C25H32N4O/c1-29-23(30)25(28-24(29)26,14-13-19-8-3-2-4-9-19)18-21-11-7-10-20(16-21)17-22-12-5-6-15-27-22/h2-6,8-9,12,15,20-21H,7,10-11,13-14,16-18H2,1H3,(H2,26,28)/t20?,21-,25+/m0/s1. The summed E-state index contributed by atoms with van der Waals surface area (Å²) in [6.07, 6.45) is 9.98. The number of benzene rings is 1. The Morgan fingerprint density at radius 1 is 1.10 bits per heavy atom. The topological polar surface area (TPSA) is 71.6 Å². The van der Waals surface area contributed by atoms with Crippen LogP contribution in [0.15, 0.2) is 59.7 Å². The fraction of sp³-hybridized carbons (Fsp3) is 0.480. The lowest BCUT2D eigenvalue weighted by Gasteiger charge is -2.34. The van der Waals surface area contributed by atoms with Gasteiger partial charge in [0.1, 0.15) is 5.54 Å². The first-order chi connectivity index (χ1) is 14.6. The summed E-state index contributed by atoms with van der Waals surface area (Å²) in [7, 11) is 1.75. The zero-order chi connectivity index (χ0) is 21.0. The SMILES string of the molecule is CN1C(=O)[C@@](CCc2ccccc2)(C[C@H]2CCCC(Cc3ccccn3)C2)N=C1N. The maximum absolute atomic E-state index is 13.2. The fourth-order valence-corrected chi connectivity index (χ4v) is 5.22. The Bertz CT molecular complexity index is 883. The van der Waals surface area contributed by atoms with Crippen molar-refractivity contribution in [2.24, 2.45) is 22.6 Å². The predicted octanol–water partition coefficient (Wildman–Crippen LogP) is 3.98. The highest BCUT2D eigenvalue weighted by Crippen LogP contribution is 2.40. The van der Waals surface area contributed by atoms with Gasteiger partial charge in [0.2, 0.25) is 0 Å². The van der Waals surface area contributed by atoms with E-state index in [2.05, 4.69) is 29.2 Å². The van der Waals surface area contributed by atoms with Crippen molar-refractivity contribution in [3.05, 3.63) is 66.0 Å². The number of amides is 1. The van der Waals surface area contributed by atoms with Crippen LogP contribution in [0.2, 0.25) is 0 Å². The van der Waals surface area contributed by atoms with Gasteiger partial charge in [0.25, 0.3) is 5.91 Å². The molecule has 1 aliphatic heterocycles. The van der Waals surface area contributed by atoms with Gasteiger partial charge in [-0.2, -0.15) is 0 Å².